The Labute approximate surface area is 162 Å². The van der Waals surface area contributed by atoms with Crippen molar-refractivity contribution in [2.45, 2.75) is 12.8 Å². The Bertz CT molecular complexity index is 1080. The van der Waals surface area contributed by atoms with Crippen LogP contribution in [-0.2, 0) is 17.6 Å². The summed E-state index contributed by atoms with van der Waals surface area (Å²) in [7, 11) is 1.47. The summed E-state index contributed by atoms with van der Waals surface area (Å²) in [6.45, 7) is -0.261. The molecule has 0 fully saturated rings. The molecule has 4 rings (SSSR count). The summed E-state index contributed by atoms with van der Waals surface area (Å²) >= 11 is 0. The fraction of sp³-hybridized carbons (Fsp3) is 0.182. The van der Waals surface area contributed by atoms with Gasteiger partial charge in [-0.15, -0.1) is 0 Å². The number of anilines is 1. The van der Waals surface area contributed by atoms with Gasteiger partial charge in [0.2, 0.25) is 0 Å². The van der Waals surface area contributed by atoms with Gasteiger partial charge < -0.3 is 20.5 Å². The van der Waals surface area contributed by atoms with Gasteiger partial charge in [-0.3, -0.25) is 9.59 Å². The zero-order valence-corrected chi connectivity index (χ0v) is 15.5. The number of methoxy groups -OCH3 is 1. The van der Waals surface area contributed by atoms with Gasteiger partial charge in [0.05, 0.1) is 7.11 Å². The van der Waals surface area contributed by atoms with E-state index in [1.54, 1.807) is 18.2 Å². The van der Waals surface area contributed by atoms with Crippen molar-refractivity contribution < 1.29 is 19.1 Å². The fourth-order valence-electron chi connectivity index (χ4n) is 3.63. The lowest BCUT2D eigenvalue weighted by molar-refractivity contribution is -0.119. The number of rotatable bonds is 6. The van der Waals surface area contributed by atoms with E-state index in [2.05, 4.69) is 17.4 Å². The molecule has 3 aromatic carbocycles. The summed E-state index contributed by atoms with van der Waals surface area (Å²) in [5.41, 5.74) is 8.94. The van der Waals surface area contributed by atoms with Crippen molar-refractivity contribution in [1.82, 2.24) is 0 Å². The monoisotopic (exact) mass is 376 g/mol. The topological polar surface area (TPSA) is 90.7 Å². The van der Waals surface area contributed by atoms with Crippen LogP contribution in [0.3, 0.4) is 0 Å². The highest BCUT2D eigenvalue weighted by atomic mass is 16.5. The molecule has 142 valence electrons. The highest BCUT2D eigenvalue weighted by Gasteiger charge is 2.18. The first kappa shape index (κ1) is 17.9. The molecule has 0 saturated heterocycles. The number of benzene rings is 3. The number of nitrogens with one attached hydrogen (secondary N) is 1. The van der Waals surface area contributed by atoms with Crippen LogP contribution in [0, 0.1) is 0 Å². The van der Waals surface area contributed by atoms with Crippen molar-refractivity contribution in [3.63, 3.8) is 0 Å². The van der Waals surface area contributed by atoms with Gasteiger partial charge in [0.1, 0.15) is 0 Å². The number of aryl methyl sites for hydroxylation is 2. The third kappa shape index (κ3) is 3.24. The third-order valence-electron chi connectivity index (χ3n) is 4.92. The molecule has 0 unspecified atom stereocenters. The molecule has 3 N–H and O–H groups in total. The van der Waals surface area contributed by atoms with Crippen LogP contribution < -0.4 is 20.5 Å². The standard InChI is InChI=1S/C22H20N2O4/c1-27-19-11-15(8-10-18(19)28-12-20(23)25)22(26)24-17-9-7-14-6-5-13-3-2-4-16(17)21(13)14/h2-4,7-11H,5-6,12H2,1H3,(H2,23,25)(H,24,26). The summed E-state index contributed by atoms with van der Waals surface area (Å²) < 4.78 is 10.6. The first-order valence-corrected chi connectivity index (χ1v) is 9.01. The maximum absolute atomic E-state index is 12.8. The van der Waals surface area contributed by atoms with Gasteiger partial charge in [-0.05, 0) is 53.6 Å². The van der Waals surface area contributed by atoms with Crippen LogP contribution in [0.4, 0.5) is 5.69 Å². The molecule has 0 atom stereocenters. The Morgan fingerprint density at radius 3 is 2.57 bits per heavy atom. The van der Waals surface area contributed by atoms with E-state index in [1.807, 2.05) is 18.2 Å². The van der Waals surface area contributed by atoms with Gasteiger partial charge in [0.25, 0.3) is 11.8 Å². The van der Waals surface area contributed by atoms with E-state index in [1.165, 1.54) is 23.6 Å². The summed E-state index contributed by atoms with van der Waals surface area (Å²) in [6.07, 6.45) is 2.07. The average molecular weight is 376 g/mol. The number of primary amides is 1. The van der Waals surface area contributed by atoms with Crippen molar-refractivity contribution in [2.24, 2.45) is 5.73 Å². The SMILES string of the molecule is COc1cc(C(=O)Nc2ccc3c4c(cccc24)CC3)ccc1OCC(N)=O. The van der Waals surface area contributed by atoms with E-state index in [0.717, 1.165) is 23.9 Å². The lowest BCUT2D eigenvalue weighted by atomic mass is 10.0. The Morgan fingerprint density at radius 2 is 1.82 bits per heavy atom. The molecule has 0 heterocycles. The van der Waals surface area contributed by atoms with E-state index in [0.29, 0.717) is 17.1 Å². The van der Waals surface area contributed by atoms with Crippen LogP contribution in [0.25, 0.3) is 10.8 Å². The van der Waals surface area contributed by atoms with Crippen molar-refractivity contribution >= 4 is 28.3 Å². The second-order valence-corrected chi connectivity index (χ2v) is 6.69. The number of hydrogen-bond donors (Lipinski definition) is 2. The molecule has 0 saturated carbocycles. The molecule has 0 spiro atoms. The molecule has 3 aromatic rings. The lowest BCUT2D eigenvalue weighted by Gasteiger charge is -2.13. The number of carbonyl (C=O) groups is 2. The minimum Gasteiger partial charge on any atom is -0.493 e. The molecular formula is C22H20N2O4. The molecule has 6 heteroatoms. The van der Waals surface area contributed by atoms with E-state index in [9.17, 15) is 9.59 Å². The zero-order chi connectivity index (χ0) is 19.7. The summed E-state index contributed by atoms with van der Waals surface area (Å²) in [6, 6.07) is 15.0. The highest BCUT2D eigenvalue weighted by Crippen LogP contribution is 2.35. The Morgan fingerprint density at radius 1 is 1.04 bits per heavy atom. The molecule has 0 aromatic heterocycles. The Hall–Kier alpha value is -3.54. The fourth-order valence-corrected chi connectivity index (χ4v) is 3.63. The van der Waals surface area contributed by atoms with Gasteiger partial charge >= 0.3 is 0 Å². The second-order valence-electron chi connectivity index (χ2n) is 6.69. The lowest BCUT2D eigenvalue weighted by Crippen LogP contribution is -2.20. The van der Waals surface area contributed by atoms with Gasteiger partial charge in [-0.2, -0.15) is 0 Å². The van der Waals surface area contributed by atoms with Gasteiger partial charge in [0.15, 0.2) is 18.1 Å². The summed E-state index contributed by atoms with van der Waals surface area (Å²) in [5, 5.41) is 5.29. The van der Waals surface area contributed by atoms with Crippen LogP contribution in [-0.4, -0.2) is 25.5 Å². The van der Waals surface area contributed by atoms with Gasteiger partial charge in [-0.1, -0.05) is 24.3 Å². The molecule has 28 heavy (non-hydrogen) atoms. The number of carbonyl (C=O) groups excluding carboxylic acids is 2. The Kier molecular flexibility index (Phi) is 4.61. The first-order valence-electron chi connectivity index (χ1n) is 9.01. The largest absolute Gasteiger partial charge is 0.493 e. The number of ether oxygens (including phenoxy) is 2. The molecule has 6 nitrogen and oxygen atoms in total. The first-order chi connectivity index (χ1) is 13.6. The molecule has 0 aliphatic heterocycles. The van der Waals surface area contributed by atoms with Crippen LogP contribution >= 0.6 is 0 Å². The average Bonchev–Trinajstić information content (AvgIpc) is 3.13. The Balaban J connectivity index is 1.61. The van der Waals surface area contributed by atoms with Crippen LogP contribution in [0.5, 0.6) is 11.5 Å². The third-order valence-corrected chi connectivity index (χ3v) is 4.92. The summed E-state index contributed by atoms with van der Waals surface area (Å²) in [4.78, 5) is 23.7. The molecule has 2 amide bonds. The van der Waals surface area contributed by atoms with Gasteiger partial charge in [0, 0.05) is 16.6 Å². The minimum atomic E-state index is -0.587. The zero-order valence-electron chi connectivity index (χ0n) is 15.5. The maximum atomic E-state index is 12.8. The molecular weight excluding hydrogens is 356 g/mol. The minimum absolute atomic E-state index is 0.251. The number of amides is 2. The highest BCUT2D eigenvalue weighted by molar-refractivity contribution is 6.10. The number of nitrogens with two attached hydrogens (primary N) is 1. The van der Waals surface area contributed by atoms with Crippen molar-refractivity contribution in [1.29, 1.82) is 0 Å². The van der Waals surface area contributed by atoms with Gasteiger partial charge in [-0.25, -0.2) is 0 Å². The molecule has 0 bridgehead atoms. The van der Waals surface area contributed by atoms with Crippen molar-refractivity contribution in [3.05, 3.63) is 65.2 Å². The predicted octanol–water partition coefficient (Wildman–Crippen LogP) is 3.06. The molecule has 0 radical (unpaired) electrons. The summed E-state index contributed by atoms with van der Waals surface area (Å²) in [5.74, 6) is -0.133. The van der Waals surface area contributed by atoms with Crippen molar-refractivity contribution in [2.75, 3.05) is 19.0 Å². The van der Waals surface area contributed by atoms with Crippen LogP contribution in [0.15, 0.2) is 48.5 Å². The van der Waals surface area contributed by atoms with E-state index >= 15 is 0 Å². The van der Waals surface area contributed by atoms with E-state index in [4.69, 9.17) is 15.2 Å². The van der Waals surface area contributed by atoms with Crippen LogP contribution in [0.2, 0.25) is 0 Å². The maximum Gasteiger partial charge on any atom is 0.255 e. The smallest absolute Gasteiger partial charge is 0.255 e. The predicted molar refractivity (Wildman–Crippen MR) is 107 cm³/mol. The second kappa shape index (κ2) is 7.23. The number of hydrogen-bond acceptors (Lipinski definition) is 4. The quantitative estimate of drug-likeness (QED) is 0.692. The molecule has 1 aliphatic carbocycles. The molecule has 1 aliphatic rings. The van der Waals surface area contributed by atoms with Crippen LogP contribution in [0.1, 0.15) is 21.5 Å². The van der Waals surface area contributed by atoms with E-state index < -0.39 is 5.91 Å². The van der Waals surface area contributed by atoms with Crippen molar-refractivity contribution in [3.8, 4) is 11.5 Å². The van der Waals surface area contributed by atoms with E-state index in [-0.39, 0.29) is 12.5 Å². The normalized spacial score (nSPS) is 12.0.